The normalized spacial score (nSPS) is 16.9. The van der Waals surface area contributed by atoms with Crippen molar-refractivity contribution in [2.45, 2.75) is 58.2 Å². The highest BCUT2D eigenvalue weighted by Crippen LogP contribution is 2.30. The Morgan fingerprint density at radius 2 is 2.27 bits per heavy atom. The van der Waals surface area contributed by atoms with E-state index in [4.69, 9.17) is 4.74 Å². The highest BCUT2D eigenvalue weighted by molar-refractivity contribution is 7.09. The Morgan fingerprint density at radius 1 is 1.40 bits per heavy atom. The Hall–Kier alpha value is -2.94. The fourth-order valence-corrected chi connectivity index (χ4v) is 4.08. The summed E-state index contributed by atoms with van der Waals surface area (Å²) in [4.78, 5) is 17.9. The number of rotatable bonds is 5. The van der Waals surface area contributed by atoms with Gasteiger partial charge in [0, 0.05) is 22.7 Å². The summed E-state index contributed by atoms with van der Waals surface area (Å²) in [7, 11) is 0. The fraction of sp³-hybridized carbons (Fsp3) is 0.429. The zero-order valence-electron chi connectivity index (χ0n) is 17.4. The molecule has 0 aromatic carbocycles. The van der Waals surface area contributed by atoms with Gasteiger partial charge >= 0.3 is 6.09 Å². The van der Waals surface area contributed by atoms with Gasteiger partial charge in [-0.1, -0.05) is 12.1 Å². The zero-order valence-corrected chi connectivity index (χ0v) is 18.2. The molecule has 0 saturated carbocycles. The van der Waals surface area contributed by atoms with Crippen LogP contribution in [-0.4, -0.2) is 37.3 Å². The lowest BCUT2D eigenvalue weighted by Gasteiger charge is -2.26. The molecule has 0 spiro atoms. The lowest BCUT2D eigenvalue weighted by atomic mass is 9.91. The number of amides is 1. The third kappa shape index (κ3) is 4.79. The Balaban J connectivity index is 1.45. The molecule has 0 aliphatic heterocycles. The van der Waals surface area contributed by atoms with Crippen molar-refractivity contribution in [2.75, 3.05) is 5.32 Å². The van der Waals surface area contributed by atoms with Crippen molar-refractivity contribution in [1.82, 2.24) is 24.9 Å². The van der Waals surface area contributed by atoms with E-state index in [9.17, 15) is 4.79 Å². The van der Waals surface area contributed by atoms with Gasteiger partial charge in [0.05, 0.1) is 6.54 Å². The van der Waals surface area contributed by atoms with Crippen LogP contribution in [0.5, 0.6) is 0 Å². The maximum absolute atomic E-state index is 12.0. The van der Waals surface area contributed by atoms with Gasteiger partial charge in [0.1, 0.15) is 11.9 Å². The maximum atomic E-state index is 12.0. The second kappa shape index (κ2) is 8.43. The number of allylic oxidation sites excluding steroid dienone is 1. The number of alkyl carbamates (subject to hydrolysis) is 1. The van der Waals surface area contributed by atoms with Crippen LogP contribution in [0.15, 0.2) is 36.1 Å². The second-order valence-corrected chi connectivity index (χ2v) is 9.33. The summed E-state index contributed by atoms with van der Waals surface area (Å²) in [5.41, 5.74) is 2.44. The van der Waals surface area contributed by atoms with E-state index in [0.29, 0.717) is 12.5 Å². The van der Waals surface area contributed by atoms with E-state index in [1.807, 2.05) is 37.4 Å². The lowest BCUT2D eigenvalue weighted by molar-refractivity contribution is 0.0502. The molecule has 1 atom stereocenters. The van der Waals surface area contributed by atoms with E-state index in [1.54, 1.807) is 17.7 Å². The molecule has 9 heteroatoms. The van der Waals surface area contributed by atoms with Gasteiger partial charge in [0.2, 0.25) is 5.95 Å². The summed E-state index contributed by atoms with van der Waals surface area (Å²) in [5, 5.41) is 16.8. The van der Waals surface area contributed by atoms with Crippen LogP contribution < -0.4 is 10.6 Å². The molecule has 0 radical (unpaired) electrons. The standard InChI is InChI=1S/C21H26N6O2S/c1-21(2,3)29-20(28)25-15-8-6-14(7-9-15)17-12-23-19(27-13-24-26-18(17)27)22-11-16-5-4-10-30-16/h4-6,10,12-13,15H,7-9,11H2,1-3H3,(H,22,23)(H,25,28). The van der Waals surface area contributed by atoms with E-state index < -0.39 is 5.60 Å². The lowest BCUT2D eigenvalue weighted by Crippen LogP contribution is -2.39. The highest BCUT2D eigenvalue weighted by Gasteiger charge is 2.23. The first-order valence-electron chi connectivity index (χ1n) is 10.0. The topological polar surface area (TPSA) is 93.4 Å². The summed E-state index contributed by atoms with van der Waals surface area (Å²) in [6.07, 6.45) is 7.72. The van der Waals surface area contributed by atoms with Crippen LogP contribution in [0.2, 0.25) is 0 Å². The molecule has 3 aromatic heterocycles. The molecule has 0 saturated heterocycles. The molecular weight excluding hydrogens is 400 g/mol. The minimum absolute atomic E-state index is 0.0668. The van der Waals surface area contributed by atoms with Gasteiger partial charge in [-0.05, 0) is 57.1 Å². The van der Waals surface area contributed by atoms with Gasteiger partial charge in [-0.3, -0.25) is 4.40 Å². The first kappa shape index (κ1) is 20.3. The van der Waals surface area contributed by atoms with E-state index >= 15 is 0 Å². The van der Waals surface area contributed by atoms with Crippen LogP contribution in [0.3, 0.4) is 0 Å². The van der Waals surface area contributed by atoms with E-state index in [0.717, 1.165) is 30.5 Å². The van der Waals surface area contributed by atoms with Crippen LogP contribution in [0.1, 0.15) is 50.5 Å². The molecule has 1 unspecified atom stereocenters. The Morgan fingerprint density at radius 3 is 2.97 bits per heavy atom. The number of nitrogens with zero attached hydrogens (tertiary/aromatic N) is 4. The van der Waals surface area contributed by atoms with Crippen LogP contribution in [0.4, 0.5) is 10.7 Å². The Labute approximate surface area is 179 Å². The molecule has 3 heterocycles. The molecule has 3 aromatic rings. The number of nitrogens with one attached hydrogen (secondary N) is 2. The number of anilines is 1. The quantitative estimate of drug-likeness (QED) is 0.633. The van der Waals surface area contributed by atoms with Crippen molar-refractivity contribution >= 4 is 34.6 Å². The molecule has 0 bridgehead atoms. The number of carbonyl (C=O) groups excluding carboxylic acids is 1. The van der Waals surface area contributed by atoms with Gasteiger partial charge in [-0.15, -0.1) is 21.5 Å². The number of hydrogen-bond donors (Lipinski definition) is 2. The summed E-state index contributed by atoms with van der Waals surface area (Å²) >= 11 is 1.70. The number of carbonyl (C=O) groups is 1. The predicted molar refractivity (Wildman–Crippen MR) is 117 cm³/mol. The molecule has 30 heavy (non-hydrogen) atoms. The maximum Gasteiger partial charge on any atom is 0.407 e. The minimum atomic E-state index is -0.496. The molecule has 0 fully saturated rings. The third-order valence-electron chi connectivity index (χ3n) is 4.81. The van der Waals surface area contributed by atoms with Gasteiger partial charge in [-0.2, -0.15) is 0 Å². The predicted octanol–water partition coefficient (Wildman–Crippen LogP) is 4.26. The van der Waals surface area contributed by atoms with Crippen LogP contribution >= 0.6 is 11.3 Å². The van der Waals surface area contributed by atoms with E-state index in [2.05, 4.69) is 43.3 Å². The Bertz CT molecular complexity index is 1050. The van der Waals surface area contributed by atoms with Crippen molar-refractivity contribution < 1.29 is 9.53 Å². The highest BCUT2D eigenvalue weighted by atomic mass is 32.1. The number of thiophene rings is 1. The molecule has 4 rings (SSSR count). The number of aromatic nitrogens is 4. The Kier molecular flexibility index (Phi) is 5.72. The van der Waals surface area contributed by atoms with Gasteiger partial charge in [-0.25, -0.2) is 9.78 Å². The van der Waals surface area contributed by atoms with Gasteiger partial charge < -0.3 is 15.4 Å². The van der Waals surface area contributed by atoms with Gasteiger partial charge in [0.25, 0.3) is 0 Å². The zero-order chi connectivity index (χ0) is 21.1. The third-order valence-corrected chi connectivity index (χ3v) is 5.69. The van der Waals surface area contributed by atoms with Crippen molar-refractivity contribution in [3.63, 3.8) is 0 Å². The van der Waals surface area contributed by atoms with Crippen LogP contribution in [0.25, 0.3) is 11.2 Å². The molecule has 158 valence electrons. The van der Waals surface area contributed by atoms with Crippen LogP contribution in [-0.2, 0) is 11.3 Å². The number of ether oxygens (including phenoxy) is 1. The van der Waals surface area contributed by atoms with Crippen molar-refractivity contribution in [3.8, 4) is 0 Å². The fourth-order valence-electron chi connectivity index (χ4n) is 3.44. The average molecular weight is 427 g/mol. The van der Waals surface area contributed by atoms with E-state index in [-0.39, 0.29) is 12.1 Å². The van der Waals surface area contributed by atoms with Gasteiger partial charge in [0.15, 0.2) is 5.65 Å². The summed E-state index contributed by atoms with van der Waals surface area (Å²) in [6.45, 7) is 6.29. The molecule has 1 aliphatic rings. The minimum Gasteiger partial charge on any atom is -0.444 e. The average Bonchev–Trinajstić information content (AvgIpc) is 3.37. The summed E-state index contributed by atoms with van der Waals surface area (Å²) in [6, 6.07) is 4.19. The van der Waals surface area contributed by atoms with Crippen molar-refractivity contribution in [2.24, 2.45) is 0 Å². The summed E-state index contributed by atoms with van der Waals surface area (Å²) < 4.78 is 7.24. The SMILES string of the molecule is CC(C)(C)OC(=O)NC1CC=C(c2cnc(NCc3cccs3)n3cnnc23)CC1. The number of fused-ring (bicyclic) bond motifs is 1. The molecule has 8 nitrogen and oxygen atoms in total. The first-order valence-corrected chi connectivity index (χ1v) is 10.9. The smallest absolute Gasteiger partial charge is 0.407 e. The molecule has 1 amide bonds. The second-order valence-electron chi connectivity index (χ2n) is 8.30. The van der Waals surface area contributed by atoms with E-state index in [1.165, 1.54) is 10.5 Å². The molecular formula is C21H26N6O2S. The monoisotopic (exact) mass is 426 g/mol. The largest absolute Gasteiger partial charge is 0.444 e. The van der Waals surface area contributed by atoms with Crippen molar-refractivity contribution in [1.29, 1.82) is 0 Å². The van der Waals surface area contributed by atoms with Crippen molar-refractivity contribution in [3.05, 3.63) is 46.6 Å². The first-order chi connectivity index (χ1) is 14.4. The summed E-state index contributed by atoms with van der Waals surface area (Å²) in [5.74, 6) is 0.716. The van der Waals surface area contributed by atoms with Crippen LogP contribution in [0, 0.1) is 0 Å². The molecule has 2 N–H and O–H groups in total. The number of hydrogen-bond acceptors (Lipinski definition) is 7. The molecule has 1 aliphatic carbocycles.